The SMILES string of the molecule is Nc1cccc(COc2cccc3cccnc23)c1. The van der Waals surface area contributed by atoms with Crippen molar-refractivity contribution in [1.29, 1.82) is 0 Å². The zero-order chi connectivity index (χ0) is 13.1. The van der Waals surface area contributed by atoms with Gasteiger partial charge in [0.25, 0.3) is 0 Å². The van der Waals surface area contributed by atoms with Gasteiger partial charge in [0, 0.05) is 17.3 Å². The minimum absolute atomic E-state index is 0.487. The number of nitrogens with two attached hydrogens (primary N) is 1. The zero-order valence-corrected chi connectivity index (χ0v) is 10.4. The topological polar surface area (TPSA) is 48.1 Å². The van der Waals surface area contributed by atoms with Crippen LogP contribution in [0.15, 0.2) is 60.8 Å². The predicted octanol–water partition coefficient (Wildman–Crippen LogP) is 3.40. The molecule has 3 rings (SSSR count). The molecule has 3 aromatic rings. The number of nitrogens with zero attached hydrogens (tertiary/aromatic N) is 1. The molecule has 0 saturated heterocycles. The molecule has 1 heterocycles. The van der Waals surface area contributed by atoms with Crippen molar-refractivity contribution in [2.75, 3.05) is 5.73 Å². The number of fused-ring (bicyclic) bond motifs is 1. The first-order valence-electron chi connectivity index (χ1n) is 6.14. The van der Waals surface area contributed by atoms with Crippen LogP contribution in [-0.4, -0.2) is 4.98 Å². The number of rotatable bonds is 3. The second-order valence-electron chi connectivity index (χ2n) is 4.36. The lowest BCUT2D eigenvalue weighted by molar-refractivity contribution is 0.309. The van der Waals surface area contributed by atoms with Gasteiger partial charge < -0.3 is 10.5 Å². The first kappa shape index (κ1) is 11.5. The molecule has 0 amide bonds. The lowest BCUT2D eigenvalue weighted by Crippen LogP contribution is -1.97. The van der Waals surface area contributed by atoms with Crippen molar-refractivity contribution in [2.24, 2.45) is 0 Å². The fourth-order valence-electron chi connectivity index (χ4n) is 2.04. The lowest BCUT2D eigenvalue weighted by atomic mass is 10.2. The van der Waals surface area contributed by atoms with E-state index < -0.39 is 0 Å². The molecule has 0 spiro atoms. The van der Waals surface area contributed by atoms with Gasteiger partial charge in [-0.1, -0.05) is 30.3 Å². The van der Waals surface area contributed by atoms with Gasteiger partial charge in [0.15, 0.2) is 0 Å². The molecule has 0 aliphatic carbocycles. The Labute approximate surface area is 111 Å². The number of para-hydroxylation sites is 1. The summed E-state index contributed by atoms with van der Waals surface area (Å²) in [5.74, 6) is 0.792. The Balaban J connectivity index is 1.86. The van der Waals surface area contributed by atoms with Gasteiger partial charge in [-0.25, -0.2) is 0 Å². The highest BCUT2D eigenvalue weighted by Crippen LogP contribution is 2.23. The van der Waals surface area contributed by atoms with E-state index >= 15 is 0 Å². The molecule has 0 saturated carbocycles. The van der Waals surface area contributed by atoms with Crippen LogP contribution in [0.25, 0.3) is 10.9 Å². The number of aromatic nitrogens is 1. The van der Waals surface area contributed by atoms with E-state index in [1.807, 2.05) is 54.6 Å². The standard InChI is InChI=1S/C16H14N2O/c17-14-7-1-4-12(10-14)11-19-15-8-2-5-13-6-3-9-18-16(13)15/h1-10H,11,17H2. The second-order valence-corrected chi connectivity index (χ2v) is 4.36. The number of hydrogen-bond acceptors (Lipinski definition) is 3. The van der Waals surface area contributed by atoms with Crippen molar-refractivity contribution in [3.63, 3.8) is 0 Å². The van der Waals surface area contributed by atoms with Crippen molar-refractivity contribution in [2.45, 2.75) is 6.61 Å². The molecule has 0 radical (unpaired) electrons. The van der Waals surface area contributed by atoms with Gasteiger partial charge in [0.1, 0.15) is 17.9 Å². The molecule has 0 fully saturated rings. The maximum atomic E-state index is 5.84. The molecule has 1 aromatic heterocycles. The molecule has 19 heavy (non-hydrogen) atoms. The van der Waals surface area contributed by atoms with E-state index in [2.05, 4.69) is 4.98 Å². The van der Waals surface area contributed by atoms with E-state index in [4.69, 9.17) is 10.5 Å². The summed E-state index contributed by atoms with van der Waals surface area (Å²) in [5.41, 5.74) is 8.43. The van der Waals surface area contributed by atoms with Crippen LogP contribution in [0.5, 0.6) is 5.75 Å². The van der Waals surface area contributed by atoms with Gasteiger partial charge in [-0.05, 0) is 29.8 Å². The summed E-state index contributed by atoms with van der Waals surface area (Å²) in [7, 11) is 0. The summed E-state index contributed by atoms with van der Waals surface area (Å²) in [6.45, 7) is 0.487. The Bertz CT molecular complexity index is 704. The molecule has 2 aromatic carbocycles. The molecule has 2 N–H and O–H groups in total. The van der Waals surface area contributed by atoms with Crippen molar-refractivity contribution in [1.82, 2.24) is 4.98 Å². The number of nitrogen functional groups attached to an aromatic ring is 1. The van der Waals surface area contributed by atoms with Crippen molar-refractivity contribution >= 4 is 16.6 Å². The summed E-state index contributed by atoms with van der Waals surface area (Å²) < 4.78 is 5.84. The van der Waals surface area contributed by atoms with Gasteiger partial charge in [-0.2, -0.15) is 0 Å². The van der Waals surface area contributed by atoms with Crippen molar-refractivity contribution < 1.29 is 4.74 Å². The summed E-state index contributed by atoms with van der Waals surface area (Å²) in [5, 5.41) is 1.08. The molecule has 0 aliphatic rings. The van der Waals surface area contributed by atoms with E-state index in [1.54, 1.807) is 6.20 Å². The number of anilines is 1. The zero-order valence-electron chi connectivity index (χ0n) is 10.4. The van der Waals surface area contributed by atoms with Crippen LogP contribution in [-0.2, 0) is 6.61 Å². The monoisotopic (exact) mass is 250 g/mol. The van der Waals surface area contributed by atoms with Crippen LogP contribution in [0.4, 0.5) is 5.69 Å². The van der Waals surface area contributed by atoms with Gasteiger partial charge in [0.05, 0.1) is 0 Å². The maximum Gasteiger partial charge on any atom is 0.146 e. The third-order valence-electron chi connectivity index (χ3n) is 2.94. The number of pyridine rings is 1. The highest BCUT2D eigenvalue weighted by atomic mass is 16.5. The Morgan fingerprint density at radius 3 is 2.74 bits per heavy atom. The Hall–Kier alpha value is -2.55. The number of ether oxygens (including phenoxy) is 1. The first-order valence-corrected chi connectivity index (χ1v) is 6.14. The fourth-order valence-corrected chi connectivity index (χ4v) is 2.04. The van der Waals surface area contributed by atoms with E-state index in [-0.39, 0.29) is 0 Å². The van der Waals surface area contributed by atoms with Crippen LogP contribution in [0, 0.1) is 0 Å². The average Bonchev–Trinajstić information content (AvgIpc) is 2.45. The normalized spacial score (nSPS) is 10.5. The van der Waals surface area contributed by atoms with E-state index in [9.17, 15) is 0 Å². The van der Waals surface area contributed by atoms with E-state index in [0.29, 0.717) is 6.61 Å². The predicted molar refractivity (Wildman–Crippen MR) is 76.9 cm³/mol. The minimum atomic E-state index is 0.487. The largest absolute Gasteiger partial charge is 0.487 e. The van der Waals surface area contributed by atoms with E-state index in [1.165, 1.54) is 0 Å². The average molecular weight is 250 g/mol. The molecule has 3 heteroatoms. The van der Waals surface area contributed by atoms with Gasteiger partial charge >= 0.3 is 0 Å². The molecule has 3 nitrogen and oxygen atoms in total. The molecule has 0 aliphatic heterocycles. The molecule has 94 valence electrons. The van der Waals surface area contributed by atoms with Gasteiger partial charge in [0.2, 0.25) is 0 Å². The molecule has 0 unspecified atom stereocenters. The van der Waals surface area contributed by atoms with Crippen LogP contribution in [0.3, 0.4) is 0 Å². The van der Waals surface area contributed by atoms with Crippen LogP contribution in [0.2, 0.25) is 0 Å². The molecular weight excluding hydrogens is 236 g/mol. The van der Waals surface area contributed by atoms with Gasteiger partial charge in [-0.3, -0.25) is 4.98 Å². The van der Waals surface area contributed by atoms with Crippen molar-refractivity contribution in [3.8, 4) is 5.75 Å². The fraction of sp³-hybridized carbons (Fsp3) is 0.0625. The number of hydrogen-bond donors (Lipinski definition) is 1. The molecular formula is C16H14N2O. The highest BCUT2D eigenvalue weighted by Gasteiger charge is 2.03. The first-order chi connectivity index (χ1) is 9.33. The van der Waals surface area contributed by atoms with Crippen LogP contribution >= 0.6 is 0 Å². The van der Waals surface area contributed by atoms with E-state index in [0.717, 1.165) is 27.9 Å². The maximum absolute atomic E-state index is 5.84. The Kier molecular flexibility index (Phi) is 3.02. The summed E-state index contributed by atoms with van der Waals surface area (Å²) >= 11 is 0. The second kappa shape index (κ2) is 4.98. The quantitative estimate of drug-likeness (QED) is 0.725. The smallest absolute Gasteiger partial charge is 0.146 e. The summed E-state index contributed by atoms with van der Waals surface area (Å²) in [6, 6.07) is 17.6. The summed E-state index contributed by atoms with van der Waals surface area (Å²) in [4.78, 5) is 4.36. The Morgan fingerprint density at radius 1 is 1.00 bits per heavy atom. The highest BCUT2D eigenvalue weighted by molar-refractivity contribution is 5.84. The lowest BCUT2D eigenvalue weighted by Gasteiger charge is -2.09. The molecule has 0 bridgehead atoms. The van der Waals surface area contributed by atoms with Crippen LogP contribution < -0.4 is 10.5 Å². The van der Waals surface area contributed by atoms with Gasteiger partial charge in [-0.15, -0.1) is 0 Å². The summed E-state index contributed by atoms with van der Waals surface area (Å²) in [6.07, 6.45) is 1.77. The van der Waals surface area contributed by atoms with Crippen molar-refractivity contribution in [3.05, 3.63) is 66.4 Å². The molecule has 0 atom stereocenters. The third-order valence-corrected chi connectivity index (χ3v) is 2.94. The Morgan fingerprint density at radius 2 is 1.84 bits per heavy atom. The minimum Gasteiger partial charge on any atom is -0.487 e. The van der Waals surface area contributed by atoms with Crippen LogP contribution in [0.1, 0.15) is 5.56 Å². The third kappa shape index (κ3) is 2.50. The number of benzene rings is 2.